The van der Waals surface area contributed by atoms with Gasteiger partial charge >= 0.3 is 0 Å². The van der Waals surface area contributed by atoms with E-state index in [4.69, 9.17) is 0 Å². The van der Waals surface area contributed by atoms with Crippen LogP contribution in [0.4, 0.5) is 0 Å². The minimum Gasteiger partial charge on any atom is -0.103 e. The minimum atomic E-state index is 0.766. The maximum atomic E-state index is 3.87. The minimum absolute atomic E-state index is 0.766. The van der Waals surface area contributed by atoms with Crippen LogP contribution in [0.5, 0.6) is 0 Å². The summed E-state index contributed by atoms with van der Waals surface area (Å²) in [5, 5.41) is 0. The van der Waals surface area contributed by atoms with Crippen LogP contribution in [0.2, 0.25) is 0 Å². The van der Waals surface area contributed by atoms with Gasteiger partial charge in [0.2, 0.25) is 0 Å². The zero-order chi connectivity index (χ0) is 12.8. The largest absolute Gasteiger partial charge is 0.103 e. The van der Waals surface area contributed by atoms with E-state index in [0.29, 0.717) is 0 Å². The normalized spacial score (nSPS) is 23.6. The van der Waals surface area contributed by atoms with Gasteiger partial charge < -0.3 is 0 Å². The van der Waals surface area contributed by atoms with Gasteiger partial charge in [0.15, 0.2) is 0 Å². The summed E-state index contributed by atoms with van der Waals surface area (Å²) in [7, 11) is 0. The Balaban J connectivity index is 2.04. The average Bonchev–Trinajstić information content (AvgIpc) is 2.41. The first-order chi connectivity index (χ1) is 8.85. The molecule has 2 rings (SSSR count). The van der Waals surface area contributed by atoms with E-state index in [-0.39, 0.29) is 0 Å². The molecule has 18 heavy (non-hydrogen) atoms. The second kappa shape index (κ2) is 6.58. The third-order valence-corrected chi connectivity index (χ3v) is 4.21. The van der Waals surface area contributed by atoms with Crippen molar-refractivity contribution in [3.8, 4) is 0 Å². The Kier molecular flexibility index (Phi) is 4.81. The Hall–Kier alpha value is -1.30. The van der Waals surface area contributed by atoms with Gasteiger partial charge in [0.1, 0.15) is 0 Å². The lowest BCUT2D eigenvalue weighted by molar-refractivity contribution is 0.328. The van der Waals surface area contributed by atoms with Crippen LogP contribution in [0.3, 0.4) is 0 Å². The van der Waals surface area contributed by atoms with Crippen molar-refractivity contribution in [3.05, 3.63) is 60.7 Å². The van der Waals surface area contributed by atoms with E-state index < -0.39 is 0 Å². The summed E-state index contributed by atoms with van der Waals surface area (Å²) in [6, 6.07) is 8.90. The molecule has 0 unspecified atom stereocenters. The van der Waals surface area contributed by atoms with Gasteiger partial charge in [-0.1, -0.05) is 36.4 Å². The molecule has 1 aromatic carbocycles. The fourth-order valence-electron chi connectivity index (χ4n) is 3.22. The predicted octanol–water partition coefficient (Wildman–Crippen LogP) is 5.27. The van der Waals surface area contributed by atoms with Gasteiger partial charge in [0.25, 0.3) is 0 Å². The van der Waals surface area contributed by atoms with Crippen LogP contribution in [0.25, 0.3) is 0 Å². The van der Waals surface area contributed by atoms with Gasteiger partial charge in [-0.25, -0.2) is 0 Å². The molecule has 0 bridgehead atoms. The molecule has 1 saturated carbocycles. The van der Waals surface area contributed by atoms with E-state index in [9.17, 15) is 0 Å². The third kappa shape index (κ3) is 3.13. The molecule has 1 aromatic rings. The molecule has 0 heterocycles. The van der Waals surface area contributed by atoms with Crippen molar-refractivity contribution < 1.29 is 0 Å². The molecule has 0 aromatic heterocycles. The van der Waals surface area contributed by atoms with Gasteiger partial charge in [0, 0.05) is 0 Å². The van der Waals surface area contributed by atoms with Crippen molar-refractivity contribution in [3.63, 3.8) is 0 Å². The molecule has 0 aliphatic heterocycles. The molecule has 0 atom stereocenters. The Labute approximate surface area is 111 Å². The highest BCUT2D eigenvalue weighted by atomic mass is 14.3. The standard InChI is InChI=1S/C18H24/c1-3-7-15-11-13-17(14-12-15)18-10-6-5-9-16(18)8-4-2/h3-6,9-10,15,17H,1-2,7-8,11-14H2. The molecule has 0 saturated heterocycles. The quantitative estimate of drug-likeness (QED) is 0.615. The molecule has 96 valence electrons. The first-order valence-electron chi connectivity index (χ1n) is 7.14. The molecule has 1 fully saturated rings. The number of hydrogen-bond donors (Lipinski definition) is 0. The maximum Gasteiger partial charge on any atom is -0.00973 e. The lowest BCUT2D eigenvalue weighted by Crippen LogP contribution is -2.14. The molecule has 0 heteroatoms. The number of rotatable bonds is 5. The van der Waals surface area contributed by atoms with Crippen molar-refractivity contribution in [2.75, 3.05) is 0 Å². The summed E-state index contributed by atoms with van der Waals surface area (Å²) in [6.07, 6.45) is 11.7. The molecular weight excluding hydrogens is 216 g/mol. The van der Waals surface area contributed by atoms with Crippen molar-refractivity contribution in [2.24, 2.45) is 5.92 Å². The van der Waals surface area contributed by atoms with E-state index in [1.807, 2.05) is 6.08 Å². The van der Waals surface area contributed by atoms with Gasteiger partial charge in [-0.15, -0.1) is 13.2 Å². The van der Waals surface area contributed by atoms with Gasteiger partial charge in [-0.3, -0.25) is 0 Å². The van der Waals surface area contributed by atoms with Gasteiger partial charge in [0.05, 0.1) is 0 Å². The summed E-state index contributed by atoms with van der Waals surface area (Å²) in [4.78, 5) is 0. The van der Waals surface area contributed by atoms with E-state index in [1.54, 1.807) is 5.56 Å². The smallest absolute Gasteiger partial charge is 0.00973 e. The van der Waals surface area contributed by atoms with E-state index >= 15 is 0 Å². The van der Waals surface area contributed by atoms with Crippen LogP contribution < -0.4 is 0 Å². The fourth-order valence-corrected chi connectivity index (χ4v) is 3.22. The molecule has 0 amide bonds. The molecule has 1 aliphatic carbocycles. The van der Waals surface area contributed by atoms with Crippen molar-refractivity contribution in [1.82, 2.24) is 0 Å². The van der Waals surface area contributed by atoms with Crippen LogP contribution in [0, 0.1) is 5.92 Å². The van der Waals surface area contributed by atoms with Gasteiger partial charge in [-0.2, -0.15) is 0 Å². The third-order valence-electron chi connectivity index (χ3n) is 4.21. The summed E-state index contributed by atoms with van der Waals surface area (Å²) in [5.74, 6) is 1.65. The number of benzene rings is 1. The summed E-state index contributed by atoms with van der Waals surface area (Å²) in [5.41, 5.74) is 3.04. The molecule has 0 N–H and O–H groups in total. The first-order valence-corrected chi connectivity index (χ1v) is 7.14. The van der Waals surface area contributed by atoms with E-state index in [1.165, 1.54) is 37.7 Å². The van der Waals surface area contributed by atoms with Gasteiger partial charge in [-0.05, 0) is 61.5 Å². The first kappa shape index (κ1) is 13.1. The molecule has 0 radical (unpaired) electrons. The second-order valence-corrected chi connectivity index (χ2v) is 5.43. The number of allylic oxidation sites excluding steroid dienone is 2. The van der Waals surface area contributed by atoms with Crippen LogP contribution in [-0.2, 0) is 6.42 Å². The number of hydrogen-bond acceptors (Lipinski definition) is 0. The van der Waals surface area contributed by atoms with Crippen molar-refractivity contribution >= 4 is 0 Å². The summed E-state index contributed by atoms with van der Waals surface area (Å²) in [6.45, 7) is 7.73. The topological polar surface area (TPSA) is 0 Å². The van der Waals surface area contributed by atoms with E-state index in [0.717, 1.165) is 18.3 Å². The highest BCUT2D eigenvalue weighted by molar-refractivity contribution is 5.32. The van der Waals surface area contributed by atoms with Crippen LogP contribution in [0.1, 0.15) is 49.1 Å². The lowest BCUT2D eigenvalue weighted by Gasteiger charge is -2.29. The van der Waals surface area contributed by atoms with Crippen LogP contribution in [0.15, 0.2) is 49.6 Å². The molecule has 0 spiro atoms. The Morgan fingerprint density at radius 1 is 1.00 bits per heavy atom. The zero-order valence-corrected chi connectivity index (χ0v) is 11.3. The lowest BCUT2D eigenvalue weighted by atomic mass is 9.76. The Morgan fingerprint density at radius 3 is 2.39 bits per heavy atom. The maximum absolute atomic E-state index is 3.87. The van der Waals surface area contributed by atoms with Crippen molar-refractivity contribution in [1.29, 1.82) is 0 Å². The summed E-state index contributed by atoms with van der Waals surface area (Å²) < 4.78 is 0. The van der Waals surface area contributed by atoms with Crippen LogP contribution in [-0.4, -0.2) is 0 Å². The van der Waals surface area contributed by atoms with E-state index in [2.05, 4.69) is 43.5 Å². The average molecular weight is 240 g/mol. The molecular formula is C18H24. The zero-order valence-electron chi connectivity index (χ0n) is 11.3. The highest BCUT2D eigenvalue weighted by Crippen LogP contribution is 2.38. The monoisotopic (exact) mass is 240 g/mol. The van der Waals surface area contributed by atoms with Crippen LogP contribution >= 0.6 is 0 Å². The Bertz CT molecular complexity index is 394. The highest BCUT2D eigenvalue weighted by Gasteiger charge is 2.22. The van der Waals surface area contributed by atoms with Crippen molar-refractivity contribution in [2.45, 2.75) is 44.4 Å². The Morgan fingerprint density at radius 2 is 1.72 bits per heavy atom. The predicted molar refractivity (Wildman–Crippen MR) is 79.9 cm³/mol. The fraction of sp³-hybridized carbons (Fsp3) is 0.444. The summed E-state index contributed by atoms with van der Waals surface area (Å²) >= 11 is 0. The molecule has 0 nitrogen and oxygen atoms in total. The molecule has 1 aliphatic rings. The second-order valence-electron chi connectivity index (χ2n) is 5.43. The SMILES string of the molecule is C=CCc1ccccc1C1CCC(CC=C)CC1.